The number of hydrogen-bond acceptors (Lipinski definition) is 2. The zero-order valence-electron chi connectivity index (χ0n) is 15.2. The van der Waals surface area contributed by atoms with E-state index in [4.69, 9.17) is 10.5 Å². The maximum atomic E-state index is 6.19. The van der Waals surface area contributed by atoms with Gasteiger partial charge in [0.2, 0.25) is 0 Å². The van der Waals surface area contributed by atoms with Crippen LogP contribution < -0.4 is 10.5 Å². The highest BCUT2D eigenvalue weighted by Crippen LogP contribution is 2.32. The van der Waals surface area contributed by atoms with Crippen molar-refractivity contribution in [3.8, 4) is 16.9 Å². The molecule has 2 nitrogen and oxygen atoms in total. The normalized spacial score (nSPS) is 10.8. The van der Waals surface area contributed by atoms with Crippen LogP contribution in [0.3, 0.4) is 0 Å². The van der Waals surface area contributed by atoms with Crippen molar-refractivity contribution in [2.75, 3.05) is 13.2 Å². The highest BCUT2D eigenvalue weighted by molar-refractivity contribution is 5.67. The van der Waals surface area contributed by atoms with Crippen LogP contribution in [0.1, 0.15) is 50.7 Å². The van der Waals surface area contributed by atoms with Gasteiger partial charge in [-0.1, -0.05) is 57.0 Å². The molecular weight excluding hydrogens is 294 g/mol. The Morgan fingerprint density at radius 2 is 1.42 bits per heavy atom. The smallest absolute Gasteiger partial charge is 0.125 e. The molecule has 0 amide bonds. The van der Waals surface area contributed by atoms with E-state index >= 15 is 0 Å². The van der Waals surface area contributed by atoms with Gasteiger partial charge in [-0.3, -0.25) is 0 Å². The van der Waals surface area contributed by atoms with Gasteiger partial charge in [-0.2, -0.15) is 0 Å². The summed E-state index contributed by atoms with van der Waals surface area (Å²) < 4.78 is 6.19. The third-order valence-corrected chi connectivity index (χ3v) is 4.46. The van der Waals surface area contributed by atoms with Crippen molar-refractivity contribution in [1.29, 1.82) is 0 Å². The Morgan fingerprint density at radius 3 is 2.00 bits per heavy atom. The number of aryl methyl sites for hydroxylation is 2. The van der Waals surface area contributed by atoms with E-state index in [9.17, 15) is 0 Å². The summed E-state index contributed by atoms with van der Waals surface area (Å²) in [6.45, 7) is 6.01. The predicted molar refractivity (Wildman–Crippen MR) is 104 cm³/mol. The minimum absolute atomic E-state index is 0.793. The minimum atomic E-state index is 0.793. The van der Waals surface area contributed by atoms with E-state index < -0.39 is 0 Å². The average molecular weight is 325 g/mol. The third kappa shape index (κ3) is 5.10. The summed E-state index contributed by atoms with van der Waals surface area (Å²) in [5.41, 5.74) is 10.7. The molecule has 2 N–H and O–H groups in total. The first-order valence-corrected chi connectivity index (χ1v) is 9.34. The Balaban J connectivity index is 2.12. The zero-order chi connectivity index (χ0) is 17.2. The van der Waals surface area contributed by atoms with E-state index in [0.29, 0.717) is 0 Å². The van der Waals surface area contributed by atoms with Gasteiger partial charge in [0.25, 0.3) is 0 Å². The van der Waals surface area contributed by atoms with Crippen molar-refractivity contribution in [3.63, 3.8) is 0 Å². The molecule has 2 aromatic carbocycles. The van der Waals surface area contributed by atoms with Crippen molar-refractivity contribution < 1.29 is 4.74 Å². The van der Waals surface area contributed by atoms with Crippen molar-refractivity contribution >= 4 is 0 Å². The molecule has 0 aliphatic rings. The number of rotatable bonds is 10. The van der Waals surface area contributed by atoms with Gasteiger partial charge < -0.3 is 10.5 Å². The molecule has 24 heavy (non-hydrogen) atoms. The van der Waals surface area contributed by atoms with Gasteiger partial charge in [-0.15, -0.1) is 0 Å². The fourth-order valence-corrected chi connectivity index (χ4v) is 3.04. The van der Waals surface area contributed by atoms with Crippen LogP contribution in [0, 0.1) is 0 Å². The van der Waals surface area contributed by atoms with Crippen molar-refractivity contribution in [2.24, 2.45) is 5.73 Å². The molecule has 0 bridgehead atoms. The number of ether oxygens (including phenoxy) is 1. The summed E-state index contributed by atoms with van der Waals surface area (Å²) in [6.07, 6.45) is 6.61. The molecule has 0 aliphatic heterocycles. The molecule has 0 saturated heterocycles. The van der Waals surface area contributed by atoms with Gasteiger partial charge >= 0.3 is 0 Å². The lowest BCUT2D eigenvalue weighted by molar-refractivity contribution is 0.299. The van der Waals surface area contributed by atoms with Gasteiger partial charge in [-0.25, -0.2) is 0 Å². The average Bonchev–Trinajstić information content (AvgIpc) is 2.64. The molecule has 0 saturated carbocycles. The Morgan fingerprint density at radius 1 is 0.792 bits per heavy atom. The Bertz CT molecular complexity index is 582. The lowest BCUT2D eigenvalue weighted by Crippen LogP contribution is -2.04. The quantitative estimate of drug-likeness (QED) is 0.595. The lowest BCUT2D eigenvalue weighted by Gasteiger charge is -2.17. The van der Waals surface area contributed by atoms with Gasteiger partial charge in [0.05, 0.1) is 6.61 Å². The highest BCUT2D eigenvalue weighted by atomic mass is 16.5. The first kappa shape index (κ1) is 18.5. The SMILES string of the molecule is CCc1cc(-c2ccccc2)cc(CC)c1OCCCCCCN. The van der Waals surface area contributed by atoms with Gasteiger partial charge in [-0.05, 0) is 66.6 Å². The maximum absolute atomic E-state index is 6.19. The summed E-state index contributed by atoms with van der Waals surface area (Å²) in [6, 6.07) is 15.2. The molecule has 130 valence electrons. The van der Waals surface area contributed by atoms with Crippen molar-refractivity contribution in [3.05, 3.63) is 53.6 Å². The molecule has 0 atom stereocenters. The van der Waals surface area contributed by atoms with Crippen LogP contribution in [0.25, 0.3) is 11.1 Å². The van der Waals surface area contributed by atoms with E-state index in [1.165, 1.54) is 35.1 Å². The van der Waals surface area contributed by atoms with Crippen LogP contribution in [0.4, 0.5) is 0 Å². The van der Waals surface area contributed by atoms with Crippen LogP contribution in [-0.4, -0.2) is 13.2 Å². The fraction of sp³-hybridized carbons (Fsp3) is 0.455. The molecule has 2 rings (SSSR count). The standard InChI is InChI=1S/C22H31NO/c1-3-18-16-21(20-12-8-7-9-13-20)17-19(4-2)22(18)24-15-11-6-5-10-14-23/h7-9,12-13,16-17H,3-6,10-11,14-15,23H2,1-2H3. The monoisotopic (exact) mass is 325 g/mol. The first-order chi connectivity index (χ1) is 11.8. The summed E-state index contributed by atoms with van der Waals surface area (Å²) in [5.74, 6) is 1.11. The molecule has 2 heteroatoms. The maximum Gasteiger partial charge on any atom is 0.125 e. The molecule has 0 aliphatic carbocycles. The topological polar surface area (TPSA) is 35.2 Å². The summed E-state index contributed by atoms with van der Waals surface area (Å²) >= 11 is 0. The largest absolute Gasteiger partial charge is 0.493 e. The van der Waals surface area contributed by atoms with Gasteiger partial charge in [0.1, 0.15) is 5.75 Å². The lowest BCUT2D eigenvalue weighted by atomic mass is 9.96. The van der Waals surface area contributed by atoms with E-state index in [0.717, 1.165) is 44.6 Å². The third-order valence-electron chi connectivity index (χ3n) is 4.46. The van der Waals surface area contributed by atoms with Gasteiger partial charge in [0, 0.05) is 0 Å². The summed E-state index contributed by atoms with van der Waals surface area (Å²) in [5, 5.41) is 0. The Labute approximate surface area is 147 Å². The van der Waals surface area contributed by atoms with Crippen molar-refractivity contribution in [2.45, 2.75) is 52.4 Å². The summed E-state index contributed by atoms with van der Waals surface area (Å²) in [7, 11) is 0. The van der Waals surface area contributed by atoms with E-state index in [1.54, 1.807) is 0 Å². The highest BCUT2D eigenvalue weighted by Gasteiger charge is 2.11. The van der Waals surface area contributed by atoms with Crippen LogP contribution in [0.5, 0.6) is 5.75 Å². The fourth-order valence-electron chi connectivity index (χ4n) is 3.04. The number of nitrogens with two attached hydrogens (primary N) is 1. The van der Waals surface area contributed by atoms with Crippen molar-refractivity contribution in [1.82, 2.24) is 0 Å². The van der Waals surface area contributed by atoms with E-state index in [1.807, 2.05) is 0 Å². The van der Waals surface area contributed by atoms with Crippen LogP contribution >= 0.6 is 0 Å². The molecule has 0 radical (unpaired) electrons. The van der Waals surface area contributed by atoms with E-state index in [2.05, 4.69) is 56.3 Å². The predicted octanol–water partition coefficient (Wildman–Crippen LogP) is 5.38. The zero-order valence-corrected chi connectivity index (χ0v) is 15.2. The molecule has 0 spiro atoms. The summed E-state index contributed by atoms with van der Waals surface area (Å²) in [4.78, 5) is 0. The number of unbranched alkanes of at least 4 members (excludes halogenated alkanes) is 3. The number of hydrogen-bond donors (Lipinski definition) is 1. The second-order valence-corrected chi connectivity index (χ2v) is 6.25. The van der Waals surface area contributed by atoms with Crippen LogP contribution in [-0.2, 0) is 12.8 Å². The second-order valence-electron chi connectivity index (χ2n) is 6.25. The Kier molecular flexibility index (Phi) is 7.84. The molecule has 2 aromatic rings. The van der Waals surface area contributed by atoms with Crippen LogP contribution in [0.2, 0.25) is 0 Å². The number of benzene rings is 2. The molecule has 0 aromatic heterocycles. The van der Waals surface area contributed by atoms with E-state index in [-0.39, 0.29) is 0 Å². The molecular formula is C22H31NO. The Hall–Kier alpha value is -1.80. The second kappa shape index (κ2) is 10.1. The molecule has 0 heterocycles. The molecule has 0 unspecified atom stereocenters. The first-order valence-electron chi connectivity index (χ1n) is 9.34. The van der Waals surface area contributed by atoms with Gasteiger partial charge in [0.15, 0.2) is 0 Å². The van der Waals surface area contributed by atoms with Crippen LogP contribution in [0.15, 0.2) is 42.5 Å². The molecule has 0 fully saturated rings. The minimum Gasteiger partial charge on any atom is -0.493 e.